The smallest absolute Gasteiger partial charge is 0.244 e. The number of amides is 1. The fourth-order valence-corrected chi connectivity index (χ4v) is 1.61. The van der Waals surface area contributed by atoms with E-state index in [0.717, 1.165) is 11.4 Å². The molecule has 0 saturated heterocycles. The van der Waals surface area contributed by atoms with E-state index in [1.807, 2.05) is 31.1 Å². The van der Waals surface area contributed by atoms with Crippen LogP contribution in [-0.2, 0) is 11.3 Å². The minimum absolute atomic E-state index is 0.162. The van der Waals surface area contributed by atoms with Crippen LogP contribution in [0.15, 0.2) is 47.2 Å². The number of hydrogen-bond donors (Lipinski definition) is 1. The van der Waals surface area contributed by atoms with Crippen LogP contribution < -0.4 is 10.2 Å². The molecule has 2 aromatic rings. The van der Waals surface area contributed by atoms with E-state index in [1.54, 1.807) is 30.7 Å². The molecule has 0 aliphatic rings. The van der Waals surface area contributed by atoms with Crippen molar-refractivity contribution in [3.63, 3.8) is 0 Å². The van der Waals surface area contributed by atoms with Crippen LogP contribution in [0.2, 0.25) is 0 Å². The maximum Gasteiger partial charge on any atom is 0.244 e. The zero-order valence-electron chi connectivity index (χ0n) is 11.5. The van der Waals surface area contributed by atoms with E-state index >= 15 is 0 Å². The molecular weight excluding hydrogens is 254 g/mol. The Balaban J connectivity index is 1.88. The fourth-order valence-electron chi connectivity index (χ4n) is 1.61. The van der Waals surface area contributed by atoms with Crippen molar-refractivity contribution in [1.29, 1.82) is 0 Å². The van der Waals surface area contributed by atoms with Gasteiger partial charge in [-0.15, -0.1) is 0 Å². The zero-order chi connectivity index (χ0) is 14.4. The number of anilines is 1. The molecule has 0 fully saturated rings. The van der Waals surface area contributed by atoms with Gasteiger partial charge in [0.15, 0.2) is 0 Å². The van der Waals surface area contributed by atoms with Crippen LogP contribution in [0.5, 0.6) is 0 Å². The molecule has 0 radical (unpaired) electrons. The van der Waals surface area contributed by atoms with Gasteiger partial charge in [-0.2, -0.15) is 0 Å². The predicted molar refractivity (Wildman–Crippen MR) is 78.2 cm³/mol. The van der Waals surface area contributed by atoms with Gasteiger partial charge >= 0.3 is 0 Å². The number of nitrogens with zero attached hydrogens (tertiary/aromatic N) is 2. The minimum Gasteiger partial charge on any atom is -0.465 e. The molecule has 0 bridgehead atoms. The topological polar surface area (TPSA) is 58.4 Å². The molecule has 1 amide bonds. The fraction of sp³-hybridized carbons (Fsp3) is 0.200. The van der Waals surface area contributed by atoms with E-state index in [1.165, 1.54) is 6.08 Å². The lowest BCUT2D eigenvalue weighted by Gasteiger charge is -2.12. The molecule has 2 rings (SSSR count). The van der Waals surface area contributed by atoms with E-state index in [4.69, 9.17) is 4.42 Å². The van der Waals surface area contributed by atoms with Crippen molar-refractivity contribution in [2.45, 2.75) is 6.54 Å². The highest BCUT2D eigenvalue weighted by molar-refractivity contribution is 5.91. The molecule has 0 aliphatic heterocycles. The Labute approximate surface area is 117 Å². The number of carbonyl (C=O) groups excluding carboxylic acids is 1. The summed E-state index contributed by atoms with van der Waals surface area (Å²) in [4.78, 5) is 17.8. The number of pyridine rings is 1. The second-order valence-electron chi connectivity index (χ2n) is 4.48. The Bertz CT molecular complexity index is 589. The lowest BCUT2D eigenvalue weighted by molar-refractivity contribution is -0.116. The summed E-state index contributed by atoms with van der Waals surface area (Å²) in [5, 5.41) is 2.81. The molecule has 5 heteroatoms. The molecule has 0 aliphatic carbocycles. The second kappa shape index (κ2) is 6.56. The Morgan fingerprint density at radius 2 is 2.30 bits per heavy atom. The zero-order valence-corrected chi connectivity index (χ0v) is 11.5. The Hall–Kier alpha value is -2.56. The maximum absolute atomic E-state index is 11.7. The number of nitrogens with one attached hydrogen (secondary N) is 1. The summed E-state index contributed by atoms with van der Waals surface area (Å²) >= 11 is 0. The first-order chi connectivity index (χ1) is 9.65. The van der Waals surface area contributed by atoms with Gasteiger partial charge in [-0.1, -0.05) is 0 Å². The van der Waals surface area contributed by atoms with E-state index in [9.17, 15) is 4.79 Å². The first kappa shape index (κ1) is 13.9. The highest BCUT2D eigenvalue weighted by Crippen LogP contribution is 2.09. The van der Waals surface area contributed by atoms with Crippen LogP contribution in [0, 0.1) is 0 Å². The van der Waals surface area contributed by atoms with Crippen LogP contribution in [0.25, 0.3) is 6.08 Å². The third-order valence-corrected chi connectivity index (χ3v) is 2.68. The molecule has 1 N–H and O–H groups in total. The third-order valence-electron chi connectivity index (χ3n) is 2.68. The van der Waals surface area contributed by atoms with Gasteiger partial charge in [-0.25, -0.2) is 4.98 Å². The molecule has 0 unspecified atom stereocenters. The van der Waals surface area contributed by atoms with Crippen LogP contribution in [0.4, 0.5) is 5.82 Å². The molecule has 2 heterocycles. The van der Waals surface area contributed by atoms with Gasteiger partial charge in [0.05, 0.1) is 6.26 Å². The van der Waals surface area contributed by atoms with Gasteiger partial charge < -0.3 is 14.6 Å². The lowest BCUT2D eigenvalue weighted by atomic mass is 10.2. The molecule has 0 saturated carbocycles. The number of furan rings is 1. The van der Waals surface area contributed by atoms with Gasteiger partial charge in [-0.3, -0.25) is 4.79 Å². The summed E-state index contributed by atoms with van der Waals surface area (Å²) in [5.41, 5.74) is 1.00. The van der Waals surface area contributed by atoms with Crippen molar-refractivity contribution < 1.29 is 9.21 Å². The minimum atomic E-state index is -0.162. The van der Waals surface area contributed by atoms with Gasteiger partial charge in [-0.05, 0) is 35.9 Å². The van der Waals surface area contributed by atoms with E-state index in [0.29, 0.717) is 12.3 Å². The average Bonchev–Trinajstić information content (AvgIpc) is 2.96. The lowest BCUT2D eigenvalue weighted by Crippen LogP contribution is -2.20. The summed E-state index contributed by atoms with van der Waals surface area (Å²) in [6, 6.07) is 7.38. The first-order valence-electron chi connectivity index (χ1n) is 6.27. The van der Waals surface area contributed by atoms with Crippen molar-refractivity contribution in [3.8, 4) is 0 Å². The van der Waals surface area contributed by atoms with Crippen LogP contribution in [-0.4, -0.2) is 25.0 Å². The van der Waals surface area contributed by atoms with Gasteiger partial charge in [0.2, 0.25) is 5.91 Å². The second-order valence-corrected chi connectivity index (χ2v) is 4.48. The third kappa shape index (κ3) is 3.98. The molecular formula is C15H17N3O2. The van der Waals surface area contributed by atoms with Crippen molar-refractivity contribution in [3.05, 3.63) is 54.1 Å². The molecule has 0 atom stereocenters. The molecule has 0 aromatic carbocycles. The van der Waals surface area contributed by atoms with Crippen LogP contribution in [0.3, 0.4) is 0 Å². The SMILES string of the molecule is CN(C)c1cc(CNC(=O)C=Cc2ccco2)ccn1. The molecule has 5 nitrogen and oxygen atoms in total. The Morgan fingerprint density at radius 3 is 3.00 bits per heavy atom. The van der Waals surface area contributed by atoms with Gasteiger partial charge in [0, 0.05) is 32.9 Å². The highest BCUT2D eigenvalue weighted by atomic mass is 16.3. The van der Waals surface area contributed by atoms with E-state index in [2.05, 4.69) is 10.3 Å². The molecule has 0 spiro atoms. The molecule has 2 aromatic heterocycles. The van der Waals surface area contributed by atoms with Gasteiger partial charge in [0.25, 0.3) is 0 Å². The number of aromatic nitrogens is 1. The standard InChI is InChI=1S/C15H17N3O2/c1-18(2)14-10-12(7-8-16-14)11-17-15(19)6-5-13-4-3-9-20-13/h3-10H,11H2,1-2H3,(H,17,19). The number of hydrogen-bond acceptors (Lipinski definition) is 4. The van der Waals surface area contributed by atoms with E-state index in [-0.39, 0.29) is 5.91 Å². The predicted octanol–water partition coefficient (Wildman–Crippen LogP) is 2.07. The summed E-state index contributed by atoms with van der Waals surface area (Å²) in [6.45, 7) is 0.463. The van der Waals surface area contributed by atoms with Gasteiger partial charge in [0.1, 0.15) is 11.6 Å². The van der Waals surface area contributed by atoms with Crippen LogP contribution in [0.1, 0.15) is 11.3 Å². The largest absolute Gasteiger partial charge is 0.465 e. The molecule has 20 heavy (non-hydrogen) atoms. The number of rotatable bonds is 5. The monoisotopic (exact) mass is 271 g/mol. The Kier molecular flexibility index (Phi) is 4.55. The van der Waals surface area contributed by atoms with Crippen molar-refractivity contribution in [1.82, 2.24) is 10.3 Å². The van der Waals surface area contributed by atoms with Crippen molar-refractivity contribution in [2.24, 2.45) is 0 Å². The average molecular weight is 271 g/mol. The summed E-state index contributed by atoms with van der Waals surface area (Å²) < 4.78 is 5.11. The quantitative estimate of drug-likeness (QED) is 0.846. The Morgan fingerprint density at radius 1 is 1.45 bits per heavy atom. The maximum atomic E-state index is 11.7. The van der Waals surface area contributed by atoms with Crippen LogP contribution >= 0.6 is 0 Å². The summed E-state index contributed by atoms with van der Waals surface area (Å²) in [6.07, 6.45) is 6.38. The molecule has 104 valence electrons. The summed E-state index contributed by atoms with van der Waals surface area (Å²) in [7, 11) is 3.85. The highest BCUT2D eigenvalue weighted by Gasteiger charge is 2.01. The van der Waals surface area contributed by atoms with Crippen molar-refractivity contribution >= 4 is 17.8 Å². The first-order valence-corrected chi connectivity index (χ1v) is 6.27. The van der Waals surface area contributed by atoms with E-state index < -0.39 is 0 Å². The normalized spacial score (nSPS) is 10.7. The summed E-state index contributed by atoms with van der Waals surface area (Å²) in [5.74, 6) is 1.35. The number of carbonyl (C=O) groups is 1. The van der Waals surface area contributed by atoms with Crippen molar-refractivity contribution in [2.75, 3.05) is 19.0 Å².